The number of rotatable bonds is 5. The number of nitrogens with zero attached hydrogens (tertiary/aromatic N) is 1. The maximum Gasteiger partial charge on any atom is 0.253 e. The van der Waals surface area contributed by atoms with E-state index in [-0.39, 0.29) is 11.9 Å². The summed E-state index contributed by atoms with van der Waals surface area (Å²) in [5.74, 6) is 1.74. The fourth-order valence-electron chi connectivity index (χ4n) is 2.14. The Balaban J connectivity index is 1.96. The SMILES string of the molecule is CCCNc1ncc(C(=O)NC2CCS(=O)CC2)cc1Cl. The molecule has 2 heterocycles. The third kappa shape index (κ3) is 4.68. The van der Waals surface area contributed by atoms with Gasteiger partial charge < -0.3 is 10.6 Å². The van der Waals surface area contributed by atoms with Crippen molar-refractivity contribution < 1.29 is 9.00 Å². The van der Waals surface area contributed by atoms with Crippen molar-refractivity contribution in [2.75, 3.05) is 23.4 Å². The molecule has 21 heavy (non-hydrogen) atoms. The van der Waals surface area contributed by atoms with E-state index in [0.717, 1.165) is 25.8 Å². The minimum absolute atomic E-state index is 0.0897. The lowest BCUT2D eigenvalue weighted by molar-refractivity contribution is 0.0934. The monoisotopic (exact) mass is 329 g/mol. The van der Waals surface area contributed by atoms with E-state index in [9.17, 15) is 9.00 Å². The van der Waals surface area contributed by atoms with Gasteiger partial charge in [-0.15, -0.1) is 0 Å². The van der Waals surface area contributed by atoms with Crippen LogP contribution in [0.4, 0.5) is 5.82 Å². The number of carbonyl (C=O) groups excluding carboxylic acids is 1. The van der Waals surface area contributed by atoms with Crippen molar-refractivity contribution in [3.8, 4) is 0 Å². The van der Waals surface area contributed by atoms with Crippen molar-refractivity contribution in [3.63, 3.8) is 0 Å². The number of carbonyl (C=O) groups is 1. The summed E-state index contributed by atoms with van der Waals surface area (Å²) in [6.45, 7) is 2.84. The van der Waals surface area contributed by atoms with Gasteiger partial charge in [0.25, 0.3) is 5.91 Å². The minimum Gasteiger partial charge on any atom is -0.369 e. The molecule has 116 valence electrons. The summed E-state index contributed by atoms with van der Waals surface area (Å²) in [5, 5.41) is 6.50. The smallest absolute Gasteiger partial charge is 0.253 e. The largest absolute Gasteiger partial charge is 0.369 e. The molecule has 2 rings (SSSR count). The van der Waals surface area contributed by atoms with Gasteiger partial charge in [0, 0.05) is 41.1 Å². The van der Waals surface area contributed by atoms with Crippen molar-refractivity contribution in [2.24, 2.45) is 0 Å². The number of pyridine rings is 1. The van der Waals surface area contributed by atoms with Crippen LogP contribution in [0, 0.1) is 0 Å². The molecule has 0 atom stereocenters. The van der Waals surface area contributed by atoms with Gasteiger partial charge in [-0.2, -0.15) is 0 Å². The van der Waals surface area contributed by atoms with Crippen LogP contribution < -0.4 is 10.6 Å². The first-order valence-corrected chi connectivity index (χ1v) is 9.02. The molecule has 0 unspecified atom stereocenters. The molecule has 1 amide bonds. The van der Waals surface area contributed by atoms with E-state index in [2.05, 4.69) is 22.5 Å². The second kappa shape index (κ2) is 7.75. The molecule has 1 fully saturated rings. The van der Waals surface area contributed by atoms with E-state index < -0.39 is 10.8 Å². The highest BCUT2D eigenvalue weighted by Gasteiger charge is 2.20. The molecule has 1 aliphatic rings. The zero-order valence-corrected chi connectivity index (χ0v) is 13.6. The van der Waals surface area contributed by atoms with Crippen molar-refractivity contribution in [1.29, 1.82) is 0 Å². The summed E-state index contributed by atoms with van der Waals surface area (Å²) >= 11 is 6.13. The maximum atomic E-state index is 12.2. The van der Waals surface area contributed by atoms with Crippen LogP contribution in [-0.4, -0.2) is 39.2 Å². The van der Waals surface area contributed by atoms with E-state index in [0.29, 0.717) is 27.9 Å². The summed E-state index contributed by atoms with van der Waals surface area (Å²) in [6, 6.07) is 1.72. The molecule has 2 N–H and O–H groups in total. The first kappa shape index (κ1) is 16.2. The van der Waals surface area contributed by atoms with Gasteiger partial charge in [0.05, 0.1) is 10.6 Å². The highest BCUT2D eigenvalue weighted by Crippen LogP contribution is 2.20. The van der Waals surface area contributed by atoms with Crippen LogP contribution in [0.2, 0.25) is 5.02 Å². The Labute approximate surface area is 132 Å². The van der Waals surface area contributed by atoms with E-state index >= 15 is 0 Å². The summed E-state index contributed by atoms with van der Waals surface area (Å²) in [5.41, 5.74) is 0.453. The van der Waals surface area contributed by atoms with Crippen LogP contribution >= 0.6 is 11.6 Å². The van der Waals surface area contributed by atoms with E-state index in [1.165, 1.54) is 6.20 Å². The average molecular weight is 330 g/mol. The van der Waals surface area contributed by atoms with Crippen LogP contribution in [0.5, 0.6) is 0 Å². The number of nitrogens with one attached hydrogen (secondary N) is 2. The zero-order chi connectivity index (χ0) is 15.2. The molecule has 1 aromatic heterocycles. The molecule has 0 bridgehead atoms. The topological polar surface area (TPSA) is 71.1 Å². The van der Waals surface area contributed by atoms with Gasteiger partial charge in [0.15, 0.2) is 0 Å². The zero-order valence-electron chi connectivity index (χ0n) is 12.0. The molecule has 1 aliphatic heterocycles. The van der Waals surface area contributed by atoms with Gasteiger partial charge in [-0.1, -0.05) is 18.5 Å². The summed E-state index contributed by atoms with van der Waals surface area (Å²) in [7, 11) is -0.723. The van der Waals surface area contributed by atoms with Gasteiger partial charge in [0.2, 0.25) is 0 Å². The quantitative estimate of drug-likeness (QED) is 0.868. The number of amides is 1. The summed E-state index contributed by atoms with van der Waals surface area (Å²) in [6.07, 6.45) is 4.02. The predicted molar refractivity (Wildman–Crippen MR) is 86.4 cm³/mol. The third-order valence-electron chi connectivity index (χ3n) is 3.37. The molecule has 7 heteroatoms. The third-order valence-corrected chi connectivity index (χ3v) is 5.04. The molecular weight excluding hydrogens is 310 g/mol. The Kier molecular flexibility index (Phi) is 5.99. The molecule has 0 aromatic carbocycles. The predicted octanol–water partition coefficient (Wildman–Crippen LogP) is 2.20. The number of hydrogen-bond acceptors (Lipinski definition) is 4. The standard InChI is InChI=1S/C14H20ClN3O2S/c1-2-5-16-13-12(15)8-10(9-17-13)14(19)18-11-3-6-21(20)7-4-11/h8-9,11H,2-7H2,1H3,(H,16,17)(H,18,19). The van der Waals surface area contributed by atoms with Gasteiger partial charge in [-0.05, 0) is 25.3 Å². The van der Waals surface area contributed by atoms with Crippen LogP contribution in [0.15, 0.2) is 12.3 Å². The van der Waals surface area contributed by atoms with Crippen LogP contribution in [-0.2, 0) is 10.8 Å². The lowest BCUT2D eigenvalue weighted by Gasteiger charge is -2.22. The molecule has 1 aromatic rings. The number of hydrogen-bond donors (Lipinski definition) is 2. The van der Waals surface area contributed by atoms with Crippen LogP contribution in [0.3, 0.4) is 0 Å². The normalized spacial score (nSPS) is 21.8. The fourth-order valence-corrected chi connectivity index (χ4v) is 3.67. The molecule has 5 nitrogen and oxygen atoms in total. The number of aromatic nitrogens is 1. The average Bonchev–Trinajstić information content (AvgIpc) is 2.48. The van der Waals surface area contributed by atoms with Crippen molar-refractivity contribution in [1.82, 2.24) is 10.3 Å². The Morgan fingerprint density at radius 2 is 2.19 bits per heavy atom. The van der Waals surface area contributed by atoms with Gasteiger partial charge >= 0.3 is 0 Å². The Hall–Kier alpha value is -1.14. The van der Waals surface area contributed by atoms with Crippen molar-refractivity contribution in [3.05, 3.63) is 22.8 Å². The second-order valence-electron chi connectivity index (χ2n) is 5.08. The Morgan fingerprint density at radius 3 is 2.81 bits per heavy atom. The van der Waals surface area contributed by atoms with E-state index in [1.807, 2.05) is 0 Å². The fraction of sp³-hybridized carbons (Fsp3) is 0.571. The molecule has 0 spiro atoms. The van der Waals surface area contributed by atoms with Gasteiger partial charge in [-0.25, -0.2) is 4.98 Å². The van der Waals surface area contributed by atoms with E-state index in [4.69, 9.17) is 11.6 Å². The van der Waals surface area contributed by atoms with Crippen molar-refractivity contribution in [2.45, 2.75) is 32.2 Å². The van der Waals surface area contributed by atoms with Gasteiger partial charge in [0.1, 0.15) is 5.82 Å². The number of halogens is 1. The Morgan fingerprint density at radius 1 is 1.48 bits per heavy atom. The Bertz CT molecular complexity index is 529. The van der Waals surface area contributed by atoms with Crippen LogP contribution in [0.1, 0.15) is 36.5 Å². The first-order chi connectivity index (χ1) is 10.1. The highest BCUT2D eigenvalue weighted by molar-refractivity contribution is 7.85. The van der Waals surface area contributed by atoms with Gasteiger partial charge in [-0.3, -0.25) is 9.00 Å². The molecule has 0 radical (unpaired) electrons. The summed E-state index contributed by atoms with van der Waals surface area (Å²) < 4.78 is 11.3. The summed E-state index contributed by atoms with van der Waals surface area (Å²) in [4.78, 5) is 16.4. The molecule has 0 saturated carbocycles. The van der Waals surface area contributed by atoms with E-state index in [1.54, 1.807) is 6.07 Å². The second-order valence-corrected chi connectivity index (χ2v) is 7.18. The molecule has 0 aliphatic carbocycles. The lowest BCUT2D eigenvalue weighted by atomic mass is 10.1. The lowest BCUT2D eigenvalue weighted by Crippen LogP contribution is -2.39. The highest BCUT2D eigenvalue weighted by atomic mass is 35.5. The maximum absolute atomic E-state index is 12.2. The molecule has 1 saturated heterocycles. The first-order valence-electron chi connectivity index (χ1n) is 7.15. The van der Waals surface area contributed by atoms with Crippen LogP contribution in [0.25, 0.3) is 0 Å². The van der Waals surface area contributed by atoms with Crippen molar-refractivity contribution >= 4 is 34.1 Å². The minimum atomic E-state index is -0.723. The molecular formula is C14H20ClN3O2S. The number of anilines is 1.